The van der Waals surface area contributed by atoms with Gasteiger partial charge in [-0.05, 0) is 46.8 Å². The van der Waals surface area contributed by atoms with Crippen LogP contribution < -0.4 is 9.47 Å². The van der Waals surface area contributed by atoms with E-state index < -0.39 is 0 Å². The molecule has 1 aliphatic heterocycles. The van der Waals surface area contributed by atoms with Crippen molar-refractivity contribution in [1.82, 2.24) is 30.0 Å². The predicted octanol–water partition coefficient (Wildman–Crippen LogP) is 1.39. The molecule has 1 aliphatic rings. The molecule has 0 N–H and O–H groups in total. The van der Waals surface area contributed by atoms with Crippen molar-refractivity contribution in [2.45, 2.75) is 6.54 Å². The highest BCUT2D eigenvalue weighted by Gasteiger charge is 2.23. The zero-order chi connectivity index (χ0) is 20.8. The Balaban J connectivity index is 1.29. The van der Waals surface area contributed by atoms with Crippen LogP contribution in [0.1, 0.15) is 5.82 Å². The second-order valence-corrected chi connectivity index (χ2v) is 6.96. The van der Waals surface area contributed by atoms with Crippen LogP contribution in [0.3, 0.4) is 0 Å². The molecule has 1 amide bonds. The van der Waals surface area contributed by atoms with Crippen LogP contribution in [0, 0.1) is 0 Å². The minimum Gasteiger partial charge on any atom is -0.497 e. The molecule has 30 heavy (non-hydrogen) atoms. The number of para-hydroxylation sites is 1. The number of piperazine rings is 1. The summed E-state index contributed by atoms with van der Waals surface area (Å²) in [7, 11) is 1.63. The maximum atomic E-state index is 12.4. The number of carbonyl (C=O) groups is 1. The average Bonchev–Trinajstić information content (AvgIpc) is 3.27. The summed E-state index contributed by atoms with van der Waals surface area (Å²) in [6.45, 7) is 3.49. The van der Waals surface area contributed by atoms with E-state index in [4.69, 9.17) is 9.47 Å². The van der Waals surface area contributed by atoms with Crippen molar-refractivity contribution >= 4 is 5.91 Å². The third kappa shape index (κ3) is 4.74. The summed E-state index contributed by atoms with van der Waals surface area (Å²) in [5.74, 6) is 2.24. The first-order valence-electron chi connectivity index (χ1n) is 9.82. The molecule has 3 aromatic rings. The van der Waals surface area contributed by atoms with Crippen LogP contribution in [0.15, 0.2) is 54.6 Å². The Morgan fingerprint density at radius 3 is 2.40 bits per heavy atom. The Bertz CT molecular complexity index is 952. The van der Waals surface area contributed by atoms with Crippen molar-refractivity contribution in [3.63, 3.8) is 0 Å². The summed E-state index contributed by atoms with van der Waals surface area (Å²) >= 11 is 0. The predicted molar refractivity (Wildman–Crippen MR) is 110 cm³/mol. The van der Waals surface area contributed by atoms with Crippen molar-refractivity contribution < 1.29 is 14.3 Å². The highest BCUT2D eigenvalue weighted by atomic mass is 16.5. The summed E-state index contributed by atoms with van der Waals surface area (Å²) in [4.78, 5) is 16.5. The van der Waals surface area contributed by atoms with Crippen molar-refractivity contribution in [3.8, 4) is 17.2 Å². The van der Waals surface area contributed by atoms with Gasteiger partial charge in [0.25, 0.3) is 5.91 Å². The van der Waals surface area contributed by atoms with Gasteiger partial charge in [-0.15, -0.1) is 5.10 Å². The molecule has 0 aliphatic carbocycles. The molecular weight excluding hydrogens is 384 g/mol. The third-order valence-electron chi connectivity index (χ3n) is 5.05. The van der Waals surface area contributed by atoms with Gasteiger partial charge in [0.1, 0.15) is 11.5 Å². The van der Waals surface area contributed by atoms with E-state index >= 15 is 0 Å². The largest absolute Gasteiger partial charge is 0.497 e. The molecule has 156 valence electrons. The third-order valence-corrected chi connectivity index (χ3v) is 5.05. The fourth-order valence-electron chi connectivity index (χ4n) is 3.34. The van der Waals surface area contributed by atoms with Crippen molar-refractivity contribution in [3.05, 3.63) is 60.4 Å². The molecule has 1 fully saturated rings. The number of amides is 1. The second kappa shape index (κ2) is 9.36. The lowest BCUT2D eigenvalue weighted by molar-refractivity contribution is -0.135. The molecule has 0 spiro atoms. The zero-order valence-electron chi connectivity index (χ0n) is 16.8. The molecule has 9 heteroatoms. The maximum Gasteiger partial charge on any atom is 0.260 e. The number of tetrazole rings is 1. The molecule has 0 saturated carbocycles. The van der Waals surface area contributed by atoms with Gasteiger partial charge in [0.2, 0.25) is 0 Å². The molecule has 1 saturated heterocycles. The number of aromatic nitrogens is 4. The van der Waals surface area contributed by atoms with Crippen LogP contribution in [0.2, 0.25) is 0 Å². The van der Waals surface area contributed by atoms with E-state index in [2.05, 4.69) is 20.4 Å². The second-order valence-electron chi connectivity index (χ2n) is 6.96. The Kier molecular flexibility index (Phi) is 6.19. The number of carbonyl (C=O) groups excluding carboxylic acids is 1. The normalized spacial score (nSPS) is 14.5. The van der Waals surface area contributed by atoms with E-state index in [-0.39, 0.29) is 12.5 Å². The number of methoxy groups -OCH3 is 1. The molecule has 9 nitrogen and oxygen atoms in total. The Morgan fingerprint density at radius 1 is 0.967 bits per heavy atom. The molecule has 2 aromatic carbocycles. The zero-order valence-corrected chi connectivity index (χ0v) is 16.8. The first kappa shape index (κ1) is 19.8. The standard InChI is InChI=1S/C21H24N6O3/c1-29-18-9-7-17(8-10-18)27-20(22-23-24-27)15-25-11-13-26(14-12-25)21(28)16-30-19-5-3-2-4-6-19/h2-10H,11-16H2,1H3. The van der Waals surface area contributed by atoms with E-state index in [1.54, 1.807) is 11.8 Å². The van der Waals surface area contributed by atoms with Crippen LogP contribution >= 0.6 is 0 Å². The van der Waals surface area contributed by atoms with Gasteiger partial charge in [-0.25, -0.2) is 0 Å². The lowest BCUT2D eigenvalue weighted by Gasteiger charge is -2.34. The topological polar surface area (TPSA) is 85.6 Å². The van der Waals surface area contributed by atoms with Gasteiger partial charge >= 0.3 is 0 Å². The smallest absolute Gasteiger partial charge is 0.260 e. The van der Waals surface area contributed by atoms with E-state index in [0.717, 1.165) is 30.4 Å². The monoisotopic (exact) mass is 408 g/mol. The Hall–Kier alpha value is -3.46. The fourth-order valence-corrected chi connectivity index (χ4v) is 3.34. The molecule has 0 unspecified atom stereocenters. The first-order chi connectivity index (χ1) is 14.7. The maximum absolute atomic E-state index is 12.4. The number of benzene rings is 2. The van der Waals surface area contributed by atoms with Crippen molar-refractivity contribution in [2.24, 2.45) is 0 Å². The number of hydrogen-bond donors (Lipinski definition) is 0. The summed E-state index contributed by atoms with van der Waals surface area (Å²) < 4.78 is 12.5. The fraction of sp³-hybridized carbons (Fsp3) is 0.333. The van der Waals surface area contributed by atoms with Crippen molar-refractivity contribution in [2.75, 3.05) is 39.9 Å². The quantitative estimate of drug-likeness (QED) is 0.584. The number of ether oxygens (including phenoxy) is 2. The minimum atomic E-state index is 0.00145. The number of nitrogens with zero attached hydrogens (tertiary/aromatic N) is 6. The summed E-state index contributed by atoms with van der Waals surface area (Å²) in [6.07, 6.45) is 0. The summed E-state index contributed by atoms with van der Waals surface area (Å²) in [6, 6.07) is 17.0. The Morgan fingerprint density at radius 2 is 1.70 bits per heavy atom. The molecular formula is C21H24N6O3. The lowest BCUT2D eigenvalue weighted by atomic mass is 10.3. The number of rotatable bonds is 7. The summed E-state index contributed by atoms with van der Waals surface area (Å²) in [5, 5.41) is 12.1. The highest BCUT2D eigenvalue weighted by Crippen LogP contribution is 2.16. The molecule has 1 aromatic heterocycles. The lowest BCUT2D eigenvalue weighted by Crippen LogP contribution is -2.49. The summed E-state index contributed by atoms with van der Waals surface area (Å²) in [5.41, 5.74) is 0.877. The van der Waals surface area contributed by atoms with Gasteiger partial charge in [-0.2, -0.15) is 4.68 Å². The minimum absolute atomic E-state index is 0.00145. The van der Waals surface area contributed by atoms with Gasteiger partial charge in [-0.1, -0.05) is 18.2 Å². The van der Waals surface area contributed by atoms with Crippen LogP contribution in [-0.4, -0.2) is 75.8 Å². The van der Waals surface area contributed by atoms with Crippen LogP contribution in [0.5, 0.6) is 11.5 Å². The van der Waals surface area contributed by atoms with Gasteiger partial charge < -0.3 is 14.4 Å². The SMILES string of the molecule is COc1ccc(-n2nnnc2CN2CCN(C(=O)COc3ccccc3)CC2)cc1. The van der Waals surface area contributed by atoms with E-state index in [1.807, 2.05) is 59.5 Å². The van der Waals surface area contributed by atoms with E-state index in [0.29, 0.717) is 25.4 Å². The van der Waals surface area contributed by atoms with Crippen LogP contribution in [0.4, 0.5) is 0 Å². The van der Waals surface area contributed by atoms with Gasteiger partial charge in [0.05, 0.1) is 19.3 Å². The average molecular weight is 408 g/mol. The van der Waals surface area contributed by atoms with Crippen LogP contribution in [-0.2, 0) is 11.3 Å². The van der Waals surface area contributed by atoms with Gasteiger partial charge in [-0.3, -0.25) is 9.69 Å². The van der Waals surface area contributed by atoms with Gasteiger partial charge in [0, 0.05) is 26.2 Å². The molecule has 2 heterocycles. The highest BCUT2D eigenvalue weighted by molar-refractivity contribution is 5.77. The molecule has 0 atom stereocenters. The van der Waals surface area contributed by atoms with Gasteiger partial charge in [0.15, 0.2) is 12.4 Å². The van der Waals surface area contributed by atoms with E-state index in [1.165, 1.54) is 0 Å². The first-order valence-corrected chi connectivity index (χ1v) is 9.82. The van der Waals surface area contributed by atoms with Crippen LogP contribution in [0.25, 0.3) is 5.69 Å². The van der Waals surface area contributed by atoms with Crippen molar-refractivity contribution in [1.29, 1.82) is 0 Å². The molecule has 0 radical (unpaired) electrons. The molecule has 4 rings (SSSR count). The molecule has 0 bridgehead atoms. The number of hydrogen-bond acceptors (Lipinski definition) is 7. The Labute approximate surface area is 174 Å². The van der Waals surface area contributed by atoms with E-state index in [9.17, 15) is 4.79 Å².